The van der Waals surface area contributed by atoms with Gasteiger partial charge in [0.05, 0.1) is 44.1 Å². The molecule has 0 aromatic carbocycles. The lowest BCUT2D eigenvalue weighted by molar-refractivity contribution is -0.144. The Hall–Kier alpha value is -8.46. The van der Waals surface area contributed by atoms with E-state index < -0.39 is 229 Å². The van der Waals surface area contributed by atoms with Crippen LogP contribution in [0.1, 0.15) is 145 Å². The van der Waals surface area contributed by atoms with Gasteiger partial charge in [-0.25, -0.2) is 9.78 Å². The number of aromatic nitrogens is 2. The van der Waals surface area contributed by atoms with Crippen molar-refractivity contribution in [1.29, 1.82) is 0 Å². The molecule has 1 fully saturated rings. The number of H-pyrrole nitrogens is 1. The molecular formula is C69H120N20O20S3. The van der Waals surface area contributed by atoms with Crippen LogP contribution in [0, 0.1) is 17.8 Å². The predicted octanol–water partition coefficient (Wildman–Crippen LogP) is -7.07. The number of rotatable bonds is 54. The first kappa shape index (κ1) is 99.6. The van der Waals surface area contributed by atoms with E-state index in [0.29, 0.717) is 37.1 Å². The minimum atomic E-state index is -1.97. The number of hydrogen-bond donors (Lipinski definition) is 24. The SMILES string of the molecule is CC[C@H](C)[C@H](NC(=O)[C@H](CC(N)=O)NC(=O)[C@H](CCCCN)NC(=O)[C@@H]1CCCN1C(=O)[C@H](Cc1cnc[nH]1)NC(=O)[C@@H](NC(=O)CNC(=O)[C@H](CO)NC(=O)[C@@H](NC(=O)[C@@H](NC(=O)[C@H](CCCCN)NC(=O)[C@@H](NC(=O)[C@H](CS)NC(=O)[C@H](CCSC)NC(=O)[C@@H](N)CS)[C@@H](C)CC)[C@@H](C)O)[C@@H](C)O)[C@@H](C)CC)C(=O)O. The van der Waals surface area contributed by atoms with Crippen LogP contribution in [0.5, 0.6) is 0 Å². The lowest BCUT2D eigenvalue weighted by Gasteiger charge is -2.31. The van der Waals surface area contributed by atoms with Crippen molar-refractivity contribution in [2.75, 3.05) is 56.3 Å². The molecule has 634 valence electrons. The van der Waals surface area contributed by atoms with Gasteiger partial charge >= 0.3 is 5.97 Å². The molecule has 1 saturated heterocycles. The molecule has 1 aliphatic rings. The van der Waals surface area contributed by atoms with E-state index in [1.165, 1.54) is 29.2 Å². The zero-order valence-electron chi connectivity index (χ0n) is 65.0. The fraction of sp³-hybridized carbons (Fsp3) is 0.725. The number of aliphatic carboxylic acids is 1. The maximum Gasteiger partial charge on any atom is 0.326 e. The van der Waals surface area contributed by atoms with Crippen molar-refractivity contribution in [3.8, 4) is 0 Å². The maximum absolute atomic E-state index is 14.8. The summed E-state index contributed by atoms with van der Waals surface area (Å²) in [5.74, 6) is -17.3. The van der Waals surface area contributed by atoms with Gasteiger partial charge in [-0.15, -0.1) is 0 Å². The maximum atomic E-state index is 14.8. The molecule has 43 heteroatoms. The van der Waals surface area contributed by atoms with Crippen molar-refractivity contribution in [2.45, 2.75) is 242 Å². The molecule has 0 spiro atoms. The van der Waals surface area contributed by atoms with Gasteiger partial charge in [0.25, 0.3) is 0 Å². The first-order valence-corrected chi connectivity index (χ1v) is 40.1. The number of likely N-dealkylation sites (tertiary alicyclic amines) is 1. The van der Waals surface area contributed by atoms with Gasteiger partial charge in [-0.1, -0.05) is 60.8 Å². The number of nitrogens with two attached hydrogens (primary N) is 4. The van der Waals surface area contributed by atoms with Crippen LogP contribution >= 0.6 is 37.0 Å². The molecule has 40 nitrogen and oxygen atoms in total. The number of nitrogens with zero attached hydrogens (tertiary/aromatic N) is 2. The lowest BCUT2D eigenvalue weighted by Crippen LogP contribution is -2.63. The van der Waals surface area contributed by atoms with Crippen LogP contribution in [0.3, 0.4) is 0 Å². The minimum absolute atomic E-state index is 0.00431. The summed E-state index contributed by atoms with van der Waals surface area (Å²) in [6.07, 6.45) is 2.63. The molecule has 1 aromatic rings. The Morgan fingerprint density at radius 2 is 0.991 bits per heavy atom. The number of unbranched alkanes of at least 4 members (excludes halogenated alkanes) is 2. The number of carboxylic acid groups (broad SMARTS) is 1. The third kappa shape index (κ3) is 33.3. The van der Waals surface area contributed by atoms with Crippen LogP contribution in [0.4, 0.5) is 0 Å². The molecule has 0 saturated carbocycles. The van der Waals surface area contributed by atoms with Crippen molar-refractivity contribution >= 4 is 132 Å². The molecule has 2 rings (SSSR count). The van der Waals surface area contributed by atoms with Crippen molar-refractivity contribution in [1.82, 2.24) is 84.0 Å². The number of primary amides is 1. The van der Waals surface area contributed by atoms with E-state index in [1.54, 1.807) is 47.8 Å². The highest BCUT2D eigenvalue weighted by Gasteiger charge is 2.43. The second kappa shape index (κ2) is 52.0. The van der Waals surface area contributed by atoms with Gasteiger partial charge in [-0.05, 0) is 114 Å². The Balaban J connectivity index is 2.33. The standard InChI is InChI=1S/C69H120N20O20S3/c1-10-34(4)51(64(103)81-45(26-39-28-74-33-76-39)68(107)89-24-17-20-48(89)63(102)78-41(18-13-15-22-70)58(97)80-44(27-49(73)93)61(100)86-53(69(108)109)36(6)12-3)84-50(94)29-75-57(96)46(30-90)82-66(105)54(37(7)91)88-67(106)55(38(8)92)87-60(99)42(19-14-16-23-71)79-65(104)52(35(5)11-2)85-62(101)47(32-111)83-59(98)43(21-25-112-9)77-56(95)40(72)31-110/h28,33-38,40-48,51-55,90-92,110-111H,10-27,29-32,70-72H2,1-9H3,(H2,73,93)(H,74,76)(H,75,96)(H,77,95)(H,78,102)(H,79,104)(H,80,97)(H,81,103)(H,82,105)(H,83,98)(H,84,94)(H,85,101)(H,86,100)(H,87,99)(H,88,106)(H,108,109)/t34-,35-,36-,37+,38+,40-,41-,42-,43-,44-,45-,46-,47-,48-,51-,52-,53-,54-,55-/m0/s1. The number of thiol groups is 2. The average molecular weight is 1650 g/mol. The second-order valence-electron chi connectivity index (χ2n) is 27.8. The minimum Gasteiger partial charge on any atom is -0.480 e. The number of carbonyl (C=O) groups is 16. The number of amides is 15. The fourth-order valence-electron chi connectivity index (χ4n) is 11.5. The largest absolute Gasteiger partial charge is 0.480 e. The highest BCUT2D eigenvalue weighted by atomic mass is 32.2. The van der Waals surface area contributed by atoms with Crippen molar-refractivity contribution < 1.29 is 97.1 Å². The van der Waals surface area contributed by atoms with E-state index in [4.69, 9.17) is 22.9 Å². The highest BCUT2D eigenvalue weighted by Crippen LogP contribution is 2.22. The number of hydrogen-bond acceptors (Lipinski definition) is 26. The number of imidazole rings is 1. The summed E-state index contributed by atoms with van der Waals surface area (Å²) in [4.78, 5) is 227. The summed E-state index contributed by atoms with van der Waals surface area (Å²) in [6, 6.07) is -20.6. The van der Waals surface area contributed by atoms with Gasteiger partial charge in [0.1, 0.15) is 78.5 Å². The quantitative estimate of drug-likeness (QED) is 0.0213. The van der Waals surface area contributed by atoms with Crippen molar-refractivity contribution in [3.63, 3.8) is 0 Å². The van der Waals surface area contributed by atoms with E-state index in [0.717, 1.165) is 13.8 Å². The number of nitrogens with one attached hydrogen (secondary N) is 14. The number of carbonyl (C=O) groups excluding carboxylic acids is 15. The molecule has 1 aliphatic heterocycles. The molecule has 0 radical (unpaired) electrons. The topological polar surface area (TPSA) is 646 Å². The molecule has 112 heavy (non-hydrogen) atoms. The summed E-state index contributed by atoms with van der Waals surface area (Å²) in [6.45, 7) is 10.5. The van der Waals surface area contributed by atoms with Gasteiger partial charge in [0, 0.05) is 36.4 Å². The first-order chi connectivity index (χ1) is 52.9. The monoisotopic (exact) mass is 1640 g/mol. The molecule has 15 amide bonds. The van der Waals surface area contributed by atoms with Gasteiger partial charge in [-0.3, -0.25) is 71.9 Å². The molecule has 2 heterocycles. The van der Waals surface area contributed by atoms with E-state index in [2.05, 4.69) is 104 Å². The van der Waals surface area contributed by atoms with E-state index in [-0.39, 0.29) is 88.9 Å². The molecule has 19 atom stereocenters. The Morgan fingerprint density at radius 1 is 0.554 bits per heavy atom. The van der Waals surface area contributed by atoms with Gasteiger partial charge in [0.2, 0.25) is 88.6 Å². The third-order valence-electron chi connectivity index (χ3n) is 19.0. The van der Waals surface area contributed by atoms with E-state index >= 15 is 0 Å². The van der Waals surface area contributed by atoms with Crippen LogP contribution < -0.4 is 92.1 Å². The average Bonchev–Trinajstić information content (AvgIpc) is 1.66. The Bertz CT molecular complexity index is 3280. The third-order valence-corrected chi connectivity index (χ3v) is 20.4. The Labute approximate surface area is 666 Å². The normalized spacial score (nSPS) is 17.5. The summed E-state index contributed by atoms with van der Waals surface area (Å²) in [7, 11) is 0. The van der Waals surface area contributed by atoms with Crippen LogP contribution in [0.2, 0.25) is 0 Å². The smallest absolute Gasteiger partial charge is 0.326 e. The summed E-state index contributed by atoms with van der Waals surface area (Å²) < 4.78 is 0. The fourth-order valence-corrected chi connectivity index (χ4v) is 12.4. The molecule has 1 aromatic heterocycles. The summed E-state index contributed by atoms with van der Waals surface area (Å²) >= 11 is 9.70. The van der Waals surface area contributed by atoms with E-state index in [1.807, 2.05) is 0 Å². The Kier molecular flexibility index (Phi) is 46.3. The van der Waals surface area contributed by atoms with E-state index in [9.17, 15) is 97.1 Å². The van der Waals surface area contributed by atoms with Crippen LogP contribution in [0.15, 0.2) is 12.5 Å². The predicted molar refractivity (Wildman–Crippen MR) is 418 cm³/mol. The van der Waals surface area contributed by atoms with Gasteiger partial charge < -0.3 is 122 Å². The molecule has 0 aliphatic carbocycles. The second-order valence-corrected chi connectivity index (χ2v) is 29.5. The van der Waals surface area contributed by atoms with Gasteiger partial charge in [-0.2, -0.15) is 37.0 Å². The summed E-state index contributed by atoms with van der Waals surface area (Å²) in [5.41, 5.74) is 23.1. The molecular weight excluding hydrogens is 1530 g/mol. The number of thioether (sulfide) groups is 1. The van der Waals surface area contributed by atoms with Crippen LogP contribution in [-0.2, 0) is 83.1 Å². The van der Waals surface area contributed by atoms with Crippen LogP contribution in [0.25, 0.3) is 0 Å². The number of aliphatic hydroxyl groups is 3. The van der Waals surface area contributed by atoms with Crippen molar-refractivity contribution in [3.05, 3.63) is 18.2 Å². The number of aromatic amines is 1. The Morgan fingerprint density at radius 3 is 1.48 bits per heavy atom. The number of carboxylic acids is 1. The lowest BCUT2D eigenvalue weighted by atomic mass is 9.97. The number of aliphatic hydroxyl groups excluding tert-OH is 3. The summed E-state index contributed by atoms with van der Waals surface area (Å²) in [5, 5.41) is 73.9. The highest BCUT2D eigenvalue weighted by molar-refractivity contribution is 7.98. The van der Waals surface area contributed by atoms with Crippen LogP contribution in [-0.4, -0.2) is 283 Å². The van der Waals surface area contributed by atoms with Gasteiger partial charge in [0.15, 0.2) is 0 Å². The first-order valence-electron chi connectivity index (χ1n) is 37.5. The zero-order chi connectivity index (χ0) is 84.6. The molecule has 26 N–H and O–H groups in total. The zero-order valence-corrected chi connectivity index (χ0v) is 67.6. The molecule has 0 bridgehead atoms. The van der Waals surface area contributed by atoms with Crippen molar-refractivity contribution in [2.24, 2.45) is 40.7 Å². The molecule has 0 unspecified atom stereocenters.